The van der Waals surface area contributed by atoms with Crippen LogP contribution < -0.4 is 16.6 Å². The molecule has 4 N–H and O–H groups in total. The molecule has 0 aromatic carbocycles. The number of rotatable bonds is 4. The second kappa shape index (κ2) is 6.33. The monoisotopic (exact) mass is 177 g/mol. The smallest absolute Gasteiger partial charge is 0.180 e. The van der Waals surface area contributed by atoms with Gasteiger partial charge in [-0.2, -0.15) is 0 Å². The highest BCUT2D eigenvalue weighted by Gasteiger charge is 2.00. The van der Waals surface area contributed by atoms with Gasteiger partial charge in [0.05, 0.1) is 6.61 Å². The van der Waals surface area contributed by atoms with Gasteiger partial charge in [-0.1, -0.05) is 6.92 Å². The largest absolute Gasteiger partial charge is 0.384 e. The first kappa shape index (κ1) is 10.6. The summed E-state index contributed by atoms with van der Waals surface area (Å²) in [6.07, 6.45) is 0. The number of nitrogens with two attached hydrogens (primary N) is 1. The Bertz CT molecular complexity index is 120. The Morgan fingerprint density at radius 2 is 2.36 bits per heavy atom. The van der Waals surface area contributed by atoms with Crippen molar-refractivity contribution >= 4 is 17.3 Å². The Hall–Kier alpha value is -0.390. The zero-order chi connectivity index (χ0) is 8.69. The molecule has 0 aliphatic rings. The summed E-state index contributed by atoms with van der Waals surface area (Å²) >= 11 is 4.77. The minimum absolute atomic E-state index is 0.436. The van der Waals surface area contributed by atoms with Crippen LogP contribution in [0.3, 0.4) is 0 Å². The highest BCUT2D eigenvalue weighted by Crippen LogP contribution is 1.91. The van der Waals surface area contributed by atoms with Crippen molar-refractivity contribution in [1.82, 2.24) is 10.7 Å². The van der Waals surface area contributed by atoms with Crippen LogP contribution in [0.25, 0.3) is 0 Å². The normalized spacial score (nSPS) is 12.3. The minimum Gasteiger partial charge on any atom is -0.384 e. The molecular formula is C6H15N3OS. The molecule has 4 nitrogen and oxygen atoms in total. The van der Waals surface area contributed by atoms with Gasteiger partial charge in [0.25, 0.3) is 0 Å². The van der Waals surface area contributed by atoms with E-state index in [2.05, 4.69) is 17.7 Å². The second-order valence-electron chi connectivity index (χ2n) is 2.41. The van der Waals surface area contributed by atoms with E-state index in [1.54, 1.807) is 7.11 Å². The zero-order valence-electron chi connectivity index (χ0n) is 6.89. The number of hydrogen-bond donors (Lipinski definition) is 3. The third-order valence-corrected chi connectivity index (χ3v) is 1.46. The summed E-state index contributed by atoms with van der Waals surface area (Å²) in [7, 11) is 1.68. The van der Waals surface area contributed by atoms with Gasteiger partial charge in [0, 0.05) is 13.7 Å². The van der Waals surface area contributed by atoms with Gasteiger partial charge < -0.3 is 15.5 Å². The first-order chi connectivity index (χ1) is 5.20. The molecule has 0 aliphatic heterocycles. The maximum Gasteiger partial charge on any atom is 0.180 e. The molecule has 0 fully saturated rings. The number of thiocarbonyl (C=S) groups is 1. The molecule has 11 heavy (non-hydrogen) atoms. The molecule has 0 saturated heterocycles. The van der Waals surface area contributed by atoms with E-state index in [0.717, 1.165) is 13.2 Å². The van der Waals surface area contributed by atoms with E-state index in [0.29, 0.717) is 11.0 Å². The van der Waals surface area contributed by atoms with Gasteiger partial charge in [0.15, 0.2) is 5.11 Å². The van der Waals surface area contributed by atoms with Gasteiger partial charge in [-0.3, -0.25) is 0 Å². The molecule has 0 amide bonds. The van der Waals surface area contributed by atoms with Gasteiger partial charge in [-0.25, -0.2) is 5.84 Å². The van der Waals surface area contributed by atoms with Crippen molar-refractivity contribution in [2.75, 3.05) is 20.3 Å². The molecular weight excluding hydrogens is 162 g/mol. The average Bonchev–Trinajstić information content (AvgIpc) is 2.01. The highest BCUT2D eigenvalue weighted by atomic mass is 32.1. The fourth-order valence-electron chi connectivity index (χ4n) is 0.661. The van der Waals surface area contributed by atoms with E-state index in [4.69, 9.17) is 22.8 Å². The van der Waals surface area contributed by atoms with Crippen LogP contribution >= 0.6 is 12.2 Å². The molecule has 0 aromatic heterocycles. The molecule has 0 rings (SSSR count). The number of nitrogens with one attached hydrogen (secondary N) is 2. The summed E-state index contributed by atoms with van der Waals surface area (Å²) in [5.74, 6) is 5.48. The highest BCUT2D eigenvalue weighted by molar-refractivity contribution is 7.80. The van der Waals surface area contributed by atoms with Crippen LogP contribution in [0.5, 0.6) is 0 Å². The lowest BCUT2D eigenvalue weighted by atomic mass is 10.2. The maximum absolute atomic E-state index is 5.05. The van der Waals surface area contributed by atoms with E-state index < -0.39 is 0 Å². The van der Waals surface area contributed by atoms with Crippen molar-refractivity contribution in [2.45, 2.75) is 6.92 Å². The quantitative estimate of drug-likeness (QED) is 0.310. The molecule has 0 aliphatic carbocycles. The number of ether oxygens (including phenoxy) is 1. The summed E-state index contributed by atoms with van der Waals surface area (Å²) in [6.45, 7) is 3.56. The molecule has 0 radical (unpaired) electrons. The fourth-order valence-corrected chi connectivity index (χ4v) is 0.745. The SMILES string of the molecule is COCC(C)CNC(=S)NN. The lowest BCUT2D eigenvalue weighted by Gasteiger charge is -2.12. The molecule has 0 aromatic rings. The van der Waals surface area contributed by atoms with Crippen LogP contribution in [0.1, 0.15) is 6.92 Å². The van der Waals surface area contributed by atoms with Gasteiger partial charge >= 0.3 is 0 Å². The van der Waals surface area contributed by atoms with Crippen molar-refractivity contribution in [3.05, 3.63) is 0 Å². The molecule has 1 atom stereocenters. The van der Waals surface area contributed by atoms with E-state index in [-0.39, 0.29) is 0 Å². The Labute approximate surface area is 72.4 Å². The summed E-state index contributed by atoms with van der Waals surface area (Å²) in [6, 6.07) is 0. The van der Waals surface area contributed by atoms with Gasteiger partial charge in [0.2, 0.25) is 0 Å². The lowest BCUT2D eigenvalue weighted by molar-refractivity contribution is 0.161. The molecule has 0 bridgehead atoms. The second-order valence-corrected chi connectivity index (χ2v) is 2.82. The maximum atomic E-state index is 5.05. The lowest BCUT2D eigenvalue weighted by Crippen LogP contribution is -2.41. The Morgan fingerprint density at radius 1 is 1.73 bits per heavy atom. The Kier molecular flexibility index (Phi) is 6.10. The van der Waals surface area contributed by atoms with Crippen LogP contribution in [0.4, 0.5) is 0 Å². The number of hydrazine groups is 1. The van der Waals surface area contributed by atoms with Crippen LogP contribution in [0, 0.1) is 5.92 Å². The Balaban J connectivity index is 3.29. The van der Waals surface area contributed by atoms with E-state index in [1.807, 2.05) is 0 Å². The topological polar surface area (TPSA) is 59.3 Å². The predicted molar refractivity (Wildman–Crippen MR) is 49.0 cm³/mol. The van der Waals surface area contributed by atoms with Gasteiger partial charge in [0.1, 0.15) is 0 Å². The van der Waals surface area contributed by atoms with Crippen molar-refractivity contribution in [1.29, 1.82) is 0 Å². The Morgan fingerprint density at radius 3 is 2.82 bits per heavy atom. The summed E-state index contributed by atoms with van der Waals surface area (Å²) in [4.78, 5) is 0. The van der Waals surface area contributed by atoms with Crippen molar-refractivity contribution in [3.8, 4) is 0 Å². The third kappa shape index (κ3) is 6.03. The van der Waals surface area contributed by atoms with Crippen LogP contribution in [0.2, 0.25) is 0 Å². The molecule has 66 valence electrons. The van der Waals surface area contributed by atoms with Gasteiger partial charge in [-0.15, -0.1) is 0 Å². The van der Waals surface area contributed by atoms with Crippen molar-refractivity contribution in [3.63, 3.8) is 0 Å². The number of methoxy groups -OCH3 is 1. The number of hydrogen-bond acceptors (Lipinski definition) is 3. The molecule has 0 saturated carbocycles. The molecule has 0 spiro atoms. The van der Waals surface area contributed by atoms with E-state index in [9.17, 15) is 0 Å². The van der Waals surface area contributed by atoms with Crippen molar-refractivity contribution in [2.24, 2.45) is 11.8 Å². The van der Waals surface area contributed by atoms with E-state index in [1.165, 1.54) is 0 Å². The van der Waals surface area contributed by atoms with Crippen LogP contribution in [-0.2, 0) is 4.74 Å². The predicted octanol–water partition coefficient (Wildman–Crippen LogP) is -0.393. The first-order valence-electron chi connectivity index (χ1n) is 3.44. The fraction of sp³-hybridized carbons (Fsp3) is 0.833. The summed E-state index contributed by atoms with van der Waals surface area (Å²) in [5, 5.41) is 3.40. The van der Waals surface area contributed by atoms with Crippen molar-refractivity contribution < 1.29 is 4.74 Å². The van der Waals surface area contributed by atoms with Crippen LogP contribution in [0.15, 0.2) is 0 Å². The zero-order valence-corrected chi connectivity index (χ0v) is 7.70. The standard InChI is InChI=1S/C6H15N3OS/c1-5(4-10-2)3-8-6(11)9-7/h5H,3-4,7H2,1-2H3,(H2,8,9,11). The molecule has 0 heterocycles. The molecule has 1 unspecified atom stereocenters. The molecule has 5 heteroatoms. The average molecular weight is 177 g/mol. The van der Waals surface area contributed by atoms with E-state index >= 15 is 0 Å². The summed E-state index contributed by atoms with van der Waals surface area (Å²) < 4.78 is 4.93. The third-order valence-electron chi connectivity index (χ3n) is 1.19. The van der Waals surface area contributed by atoms with Crippen LogP contribution in [-0.4, -0.2) is 25.4 Å². The van der Waals surface area contributed by atoms with Gasteiger partial charge in [-0.05, 0) is 18.1 Å². The minimum atomic E-state index is 0.436. The first-order valence-corrected chi connectivity index (χ1v) is 3.85. The summed E-state index contributed by atoms with van der Waals surface area (Å²) in [5.41, 5.74) is 2.34.